The minimum absolute atomic E-state index is 0.0758. The molecule has 142 valence electrons. The Bertz CT molecular complexity index is 906. The molecule has 1 saturated heterocycles. The number of amides is 1. The molecule has 0 radical (unpaired) electrons. The topological polar surface area (TPSA) is 79.7 Å². The van der Waals surface area contributed by atoms with Gasteiger partial charge in [-0.25, -0.2) is 0 Å². The molecular formula is C21H24N2O4. The van der Waals surface area contributed by atoms with Gasteiger partial charge in [-0.3, -0.25) is 14.6 Å². The van der Waals surface area contributed by atoms with Crippen LogP contribution in [-0.2, 0) is 22.4 Å². The van der Waals surface area contributed by atoms with Gasteiger partial charge in [-0.2, -0.15) is 0 Å². The van der Waals surface area contributed by atoms with Gasteiger partial charge in [0.25, 0.3) is 5.91 Å². The van der Waals surface area contributed by atoms with Crippen LogP contribution in [0.3, 0.4) is 0 Å². The number of piperidine rings is 1. The number of para-hydroxylation sites is 1. The van der Waals surface area contributed by atoms with Crippen LogP contribution in [0.15, 0.2) is 24.3 Å². The van der Waals surface area contributed by atoms with Crippen molar-refractivity contribution in [1.29, 1.82) is 0 Å². The van der Waals surface area contributed by atoms with Gasteiger partial charge in [0.2, 0.25) is 0 Å². The fraction of sp³-hybridized carbons (Fsp3) is 0.476. The first-order valence-electron chi connectivity index (χ1n) is 9.48. The molecule has 0 bridgehead atoms. The molecule has 0 saturated carbocycles. The van der Waals surface area contributed by atoms with Gasteiger partial charge < -0.3 is 14.7 Å². The molecule has 1 fully saturated rings. The number of carboxylic acids is 1. The molecule has 6 heteroatoms. The van der Waals surface area contributed by atoms with E-state index in [0.29, 0.717) is 24.9 Å². The molecule has 1 unspecified atom stereocenters. The van der Waals surface area contributed by atoms with E-state index < -0.39 is 11.4 Å². The van der Waals surface area contributed by atoms with Crippen molar-refractivity contribution in [3.63, 3.8) is 0 Å². The monoisotopic (exact) mass is 368 g/mol. The van der Waals surface area contributed by atoms with Crippen molar-refractivity contribution in [2.24, 2.45) is 5.41 Å². The predicted molar refractivity (Wildman–Crippen MR) is 101 cm³/mol. The quantitative estimate of drug-likeness (QED) is 0.897. The van der Waals surface area contributed by atoms with Crippen LogP contribution in [0.4, 0.5) is 0 Å². The molecule has 2 heterocycles. The summed E-state index contributed by atoms with van der Waals surface area (Å²) in [6.07, 6.45) is 3.93. The number of rotatable bonds is 4. The van der Waals surface area contributed by atoms with Crippen LogP contribution in [0.1, 0.15) is 40.9 Å². The molecule has 1 aliphatic carbocycles. The third-order valence-corrected chi connectivity index (χ3v) is 5.87. The number of hydrogen-bond acceptors (Lipinski definition) is 4. The maximum Gasteiger partial charge on any atom is 0.313 e. The summed E-state index contributed by atoms with van der Waals surface area (Å²) in [4.78, 5) is 31.9. The number of carbonyl (C=O) groups is 2. The molecule has 1 amide bonds. The van der Waals surface area contributed by atoms with E-state index in [1.807, 2.05) is 24.3 Å². The lowest BCUT2D eigenvalue weighted by atomic mass is 9.80. The summed E-state index contributed by atoms with van der Waals surface area (Å²) >= 11 is 0. The lowest BCUT2D eigenvalue weighted by Gasteiger charge is -2.39. The van der Waals surface area contributed by atoms with E-state index in [4.69, 9.17) is 9.72 Å². The van der Waals surface area contributed by atoms with Crippen LogP contribution in [0, 0.1) is 5.41 Å². The molecule has 2 aromatic rings. The van der Waals surface area contributed by atoms with Gasteiger partial charge in [-0.1, -0.05) is 18.2 Å². The Hall–Kier alpha value is -2.47. The number of carboxylic acid groups (broad SMARTS) is 1. The van der Waals surface area contributed by atoms with Crippen LogP contribution in [0.2, 0.25) is 0 Å². The average Bonchev–Trinajstić information content (AvgIpc) is 3.14. The van der Waals surface area contributed by atoms with Crippen LogP contribution >= 0.6 is 0 Å². The van der Waals surface area contributed by atoms with Gasteiger partial charge in [0.1, 0.15) is 5.41 Å². The van der Waals surface area contributed by atoms with E-state index in [1.165, 1.54) is 7.11 Å². The second-order valence-corrected chi connectivity index (χ2v) is 7.63. The zero-order chi connectivity index (χ0) is 19.0. The second-order valence-electron chi connectivity index (χ2n) is 7.63. The number of carbonyl (C=O) groups excluding carboxylic acids is 1. The smallest absolute Gasteiger partial charge is 0.313 e. The van der Waals surface area contributed by atoms with E-state index in [0.717, 1.165) is 41.4 Å². The van der Waals surface area contributed by atoms with Crippen molar-refractivity contribution in [3.8, 4) is 0 Å². The highest BCUT2D eigenvalue weighted by molar-refractivity contribution is 6.08. The third-order valence-electron chi connectivity index (χ3n) is 5.87. The first-order valence-corrected chi connectivity index (χ1v) is 9.48. The summed E-state index contributed by atoms with van der Waals surface area (Å²) in [5.41, 5.74) is 2.56. The fourth-order valence-electron chi connectivity index (χ4n) is 4.55. The third kappa shape index (κ3) is 2.98. The molecule has 0 spiro atoms. The number of aromatic nitrogens is 1. The summed E-state index contributed by atoms with van der Waals surface area (Å²) in [6, 6.07) is 7.73. The zero-order valence-corrected chi connectivity index (χ0v) is 15.5. The number of nitrogens with zero attached hydrogens (tertiary/aromatic N) is 2. The van der Waals surface area contributed by atoms with Crippen molar-refractivity contribution >= 4 is 22.8 Å². The van der Waals surface area contributed by atoms with Crippen LogP contribution in [-0.4, -0.2) is 53.7 Å². The number of likely N-dealkylation sites (tertiary alicyclic amines) is 1. The van der Waals surface area contributed by atoms with Crippen LogP contribution in [0.25, 0.3) is 10.9 Å². The number of aryl methyl sites for hydroxylation is 1. The number of fused-ring (bicyclic) bond motifs is 2. The minimum Gasteiger partial charge on any atom is -0.481 e. The summed E-state index contributed by atoms with van der Waals surface area (Å²) in [5, 5.41) is 10.7. The molecule has 4 rings (SSSR count). The highest BCUT2D eigenvalue weighted by atomic mass is 16.5. The molecule has 1 aromatic heterocycles. The maximum absolute atomic E-state index is 13.6. The Morgan fingerprint density at radius 1 is 1.26 bits per heavy atom. The Labute approximate surface area is 158 Å². The Morgan fingerprint density at radius 3 is 2.85 bits per heavy atom. The average molecular weight is 368 g/mol. The first-order chi connectivity index (χ1) is 13.1. The lowest BCUT2D eigenvalue weighted by Crippen LogP contribution is -2.52. The van der Waals surface area contributed by atoms with Gasteiger partial charge in [-0.05, 0) is 43.7 Å². The number of hydrogen-bond donors (Lipinski definition) is 1. The summed E-state index contributed by atoms with van der Waals surface area (Å²) in [7, 11) is 1.51. The highest BCUT2D eigenvalue weighted by Gasteiger charge is 2.44. The van der Waals surface area contributed by atoms with Gasteiger partial charge in [0.15, 0.2) is 0 Å². The van der Waals surface area contributed by atoms with Gasteiger partial charge in [0, 0.05) is 31.3 Å². The maximum atomic E-state index is 13.6. The predicted octanol–water partition coefficient (Wildman–Crippen LogP) is 2.68. The van der Waals surface area contributed by atoms with Crippen LogP contribution in [0.5, 0.6) is 0 Å². The lowest BCUT2D eigenvalue weighted by molar-refractivity contribution is -0.155. The number of aliphatic carboxylic acids is 1. The normalized spacial score (nSPS) is 22.0. The molecular weight excluding hydrogens is 344 g/mol. The molecule has 27 heavy (non-hydrogen) atoms. The minimum atomic E-state index is -1.03. The van der Waals surface area contributed by atoms with Gasteiger partial charge in [0.05, 0.1) is 17.7 Å². The first kappa shape index (κ1) is 17.9. The molecule has 1 aromatic carbocycles. The van der Waals surface area contributed by atoms with Crippen molar-refractivity contribution < 1.29 is 19.4 Å². The van der Waals surface area contributed by atoms with Crippen LogP contribution < -0.4 is 0 Å². The number of pyridine rings is 1. The molecule has 1 atom stereocenters. The fourth-order valence-corrected chi connectivity index (χ4v) is 4.55. The Kier molecular flexibility index (Phi) is 4.60. The second kappa shape index (κ2) is 6.93. The standard InChI is InChI=1S/C21H24N2O4/c1-27-13-21(20(25)26)10-5-11-23(12-21)19(24)18-14-6-2-3-8-16(14)22-17-9-4-7-15(17)18/h2-3,6,8H,4-5,7,9-13H2,1H3,(H,25,26). The Morgan fingerprint density at radius 2 is 2.07 bits per heavy atom. The van der Waals surface area contributed by atoms with E-state index in [2.05, 4.69) is 0 Å². The number of methoxy groups -OCH3 is 1. The number of ether oxygens (including phenoxy) is 1. The van der Waals surface area contributed by atoms with Crippen molar-refractivity contribution in [3.05, 3.63) is 41.1 Å². The van der Waals surface area contributed by atoms with Crippen molar-refractivity contribution in [2.75, 3.05) is 26.8 Å². The summed E-state index contributed by atoms with van der Waals surface area (Å²) in [6.45, 7) is 0.866. The summed E-state index contributed by atoms with van der Waals surface area (Å²) < 4.78 is 5.20. The van der Waals surface area contributed by atoms with Gasteiger partial charge in [-0.15, -0.1) is 0 Å². The molecule has 6 nitrogen and oxygen atoms in total. The SMILES string of the molecule is COCC1(C(=O)O)CCCN(C(=O)c2c3c(nc4ccccc24)CCC3)C1. The van der Waals surface area contributed by atoms with Crippen molar-refractivity contribution in [2.45, 2.75) is 32.1 Å². The molecule has 2 aliphatic rings. The molecule has 1 aliphatic heterocycles. The van der Waals surface area contributed by atoms with E-state index in [9.17, 15) is 14.7 Å². The summed E-state index contributed by atoms with van der Waals surface area (Å²) in [5.74, 6) is -0.972. The van der Waals surface area contributed by atoms with E-state index in [-0.39, 0.29) is 19.1 Å². The Balaban J connectivity index is 1.76. The highest BCUT2D eigenvalue weighted by Crippen LogP contribution is 2.35. The van der Waals surface area contributed by atoms with E-state index in [1.54, 1.807) is 4.90 Å². The van der Waals surface area contributed by atoms with Crippen molar-refractivity contribution in [1.82, 2.24) is 9.88 Å². The van der Waals surface area contributed by atoms with Gasteiger partial charge >= 0.3 is 5.97 Å². The zero-order valence-electron chi connectivity index (χ0n) is 15.5. The largest absolute Gasteiger partial charge is 0.481 e. The number of benzene rings is 1. The molecule has 1 N–H and O–H groups in total. The van der Waals surface area contributed by atoms with E-state index >= 15 is 0 Å².